The number of anilines is 1. The molecule has 1 aromatic carbocycles. The fourth-order valence-corrected chi connectivity index (χ4v) is 3.05. The van der Waals surface area contributed by atoms with E-state index in [9.17, 15) is 9.59 Å². The summed E-state index contributed by atoms with van der Waals surface area (Å²) in [4.78, 5) is 25.5. The summed E-state index contributed by atoms with van der Waals surface area (Å²) in [6.45, 7) is 4.03. The first kappa shape index (κ1) is 17.0. The molecular formula is C17H19NO4S. The normalized spacial score (nSPS) is 10.2. The highest BCUT2D eigenvalue weighted by atomic mass is 32.1. The van der Waals surface area contributed by atoms with Crippen LogP contribution in [0.15, 0.2) is 30.3 Å². The summed E-state index contributed by atoms with van der Waals surface area (Å²) in [5, 5.41) is 3.29. The molecule has 0 aliphatic heterocycles. The van der Waals surface area contributed by atoms with Gasteiger partial charge in [-0.1, -0.05) is 19.1 Å². The van der Waals surface area contributed by atoms with Crippen LogP contribution in [0.4, 0.5) is 5.00 Å². The smallest absolute Gasteiger partial charge is 0.341 e. The number of methoxy groups -OCH3 is 1. The zero-order valence-corrected chi connectivity index (χ0v) is 14.2. The van der Waals surface area contributed by atoms with Crippen molar-refractivity contribution in [3.63, 3.8) is 0 Å². The van der Waals surface area contributed by atoms with Crippen molar-refractivity contribution < 1.29 is 19.1 Å². The van der Waals surface area contributed by atoms with Gasteiger partial charge in [0, 0.05) is 4.88 Å². The van der Waals surface area contributed by atoms with Crippen LogP contribution in [-0.4, -0.2) is 25.6 Å². The highest BCUT2D eigenvalue weighted by Gasteiger charge is 2.20. The topological polar surface area (TPSA) is 64.6 Å². The minimum Gasteiger partial charge on any atom is -0.496 e. The molecule has 1 aromatic heterocycles. The van der Waals surface area contributed by atoms with Gasteiger partial charge in [0.05, 0.1) is 24.8 Å². The van der Waals surface area contributed by atoms with Crippen molar-refractivity contribution in [3.8, 4) is 5.75 Å². The van der Waals surface area contributed by atoms with E-state index in [0.717, 1.165) is 11.3 Å². The number of amides is 1. The van der Waals surface area contributed by atoms with E-state index in [4.69, 9.17) is 9.47 Å². The van der Waals surface area contributed by atoms with Gasteiger partial charge in [0.1, 0.15) is 10.8 Å². The van der Waals surface area contributed by atoms with Gasteiger partial charge < -0.3 is 14.8 Å². The average molecular weight is 333 g/mol. The maximum absolute atomic E-state index is 12.5. The molecule has 5 nitrogen and oxygen atoms in total. The van der Waals surface area contributed by atoms with E-state index in [0.29, 0.717) is 21.9 Å². The Morgan fingerprint density at radius 2 is 1.91 bits per heavy atom. The number of nitrogens with one attached hydrogen (secondary N) is 1. The summed E-state index contributed by atoms with van der Waals surface area (Å²) in [5.41, 5.74) is 0.799. The van der Waals surface area contributed by atoms with Crippen LogP contribution in [0.5, 0.6) is 5.75 Å². The second-order valence-corrected chi connectivity index (χ2v) is 5.82. The zero-order chi connectivity index (χ0) is 16.8. The third-order valence-electron chi connectivity index (χ3n) is 3.21. The van der Waals surface area contributed by atoms with Crippen molar-refractivity contribution in [3.05, 3.63) is 46.3 Å². The molecule has 0 saturated heterocycles. The summed E-state index contributed by atoms with van der Waals surface area (Å²) in [7, 11) is 1.51. The molecule has 0 saturated carbocycles. The number of esters is 1. The van der Waals surface area contributed by atoms with Gasteiger partial charge in [-0.3, -0.25) is 4.79 Å². The Balaban J connectivity index is 2.30. The molecular weight excluding hydrogens is 314 g/mol. The maximum atomic E-state index is 12.5. The van der Waals surface area contributed by atoms with Crippen LogP contribution >= 0.6 is 11.3 Å². The summed E-state index contributed by atoms with van der Waals surface area (Å²) in [5.74, 6) is -0.272. The quantitative estimate of drug-likeness (QED) is 0.818. The molecule has 6 heteroatoms. The molecule has 0 bridgehead atoms. The van der Waals surface area contributed by atoms with Crippen molar-refractivity contribution in [1.29, 1.82) is 0 Å². The third kappa shape index (κ3) is 3.90. The molecule has 23 heavy (non-hydrogen) atoms. The van der Waals surface area contributed by atoms with Gasteiger partial charge in [-0.05, 0) is 31.5 Å². The third-order valence-corrected chi connectivity index (χ3v) is 4.40. The molecule has 1 N–H and O–H groups in total. The molecule has 0 radical (unpaired) electrons. The van der Waals surface area contributed by atoms with E-state index in [-0.39, 0.29) is 12.5 Å². The summed E-state index contributed by atoms with van der Waals surface area (Å²) < 4.78 is 10.2. The Morgan fingerprint density at radius 3 is 2.57 bits per heavy atom. The molecule has 1 heterocycles. The van der Waals surface area contributed by atoms with Crippen molar-refractivity contribution in [1.82, 2.24) is 0 Å². The first-order valence-corrected chi connectivity index (χ1v) is 8.16. The number of para-hydroxylation sites is 1. The van der Waals surface area contributed by atoms with Crippen molar-refractivity contribution in [2.45, 2.75) is 20.3 Å². The monoisotopic (exact) mass is 333 g/mol. The van der Waals surface area contributed by atoms with E-state index < -0.39 is 5.97 Å². The van der Waals surface area contributed by atoms with Crippen molar-refractivity contribution in [2.24, 2.45) is 0 Å². The van der Waals surface area contributed by atoms with Crippen molar-refractivity contribution >= 4 is 28.2 Å². The van der Waals surface area contributed by atoms with Crippen LogP contribution in [0.2, 0.25) is 0 Å². The number of hydrogen-bond acceptors (Lipinski definition) is 5. The number of ether oxygens (including phenoxy) is 2. The number of hydrogen-bond donors (Lipinski definition) is 1. The van der Waals surface area contributed by atoms with Crippen LogP contribution < -0.4 is 10.1 Å². The summed E-state index contributed by atoms with van der Waals surface area (Å²) >= 11 is 1.38. The Bertz CT molecular complexity index is 708. The van der Waals surface area contributed by atoms with E-state index in [1.807, 2.05) is 6.92 Å². The lowest BCUT2D eigenvalue weighted by Gasteiger charge is -2.09. The van der Waals surface area contributed by atoms with E-state index in [1.165, 1.54) is 18.4 Å². The van der Waals surface area contributed by atoms with Crippen molar-refractivity contribution in [2.75, 3.05) is 19.0 Å². The van der Waals surface area contributed by atoms with Crippen LogP contribution in [0.25, 0.3) is 0 Å². The first-order chi connectivity index (χ1) is 11.1. The Morgan fingerprint density at radius 1 is 1.17 bits per heavy atom. The predicted octanol–water partition coefficient (Wildman–Crippen LogP) is 3.75. The minimum absolute atomic E-state index is 0.288. The highest BCUT2D eigenvalue weighted by molar-refractivity contribution is 7.16. The molecule has 0 atom stereocenters. The highest BCUT2D eigenvalue weighted by Crippen LogP contribution is 2.30. The average Bonchev–Trinajstić information content (AvgIpc) is 2.98. The van der Waals surface area contributed by atoms with Crippen LogP contribution in [0.3, 0.4) is 0 Å². The number of aryl methyl sites for hydroxylation is 1. The summed E-state index contributed by atoms with van der Waals surface area (Å²) in [6, 6.07) is 8.70. The number of carbonyl (C=O) groups excluding carboxylic acids is 2. The van der Waals surface area contributed by atoms with Gasteiger partial charge in [-0.15, -0.1) is 11.3 Å². The molecule has 122 valence electrons. The Labute approximate surface area is 139 Å². The molecule has 2 rings (SSSR count). The van der Waals surface area contributed by atoms with Gasteiger partial charge in [0.25, 0.3) is 5.91 Å². The summed E-state index contributed by atoms with van der Waals surface area (Å²) in [6.07, 6.45) is 0.779. The fraction of sp³-hybridized carbons (Fsp3) is 0.294. The molecule has 2 aromatic rings. The molecule has 0 fully saturated rings. The number of carbonyl (C=O) groups is 2. The predicted molar refractivity (Wildman–Crippen MR) is 90.6 cm³/mol. The second-order valence-electron chi connectivity index (χ2n) is 4.68. The van der Waals surface area contributed by atoms with E-state index >= 15 is 0 Å². The van der Waals surface area contributed by atoms with E-state index in [2.05, 4.69) is 5.32 Å². The number of benzene rings is 1. The lowest BCUT2D eigenvalue weighted by molar-refractivity contribution is 0.0528. The zero-order valence-electron chi connectivity index (χ0n) is 13.3. The van der Waals surface area contributed by atoms with Crippen LogP contribution in [0.1, 0.15) is 39.4 Å². The SMILES string of the molecule is CCOC(=O)c1cc(CC)sc1NC(=O)c1ccccc1OC. The molecule has 0 aliphatic carbocycles. The lowest BCUT2D eigenvalue weighted by Crippen LogP contribution is -2.15. The molecule has 0 aliphatic rings. The van der Waals surface area contributed by atoms with Gasteiger partial charge in [-0.25, -0.2) is 4.79 Å². The number of thiophene rings is 1. The fourth-order valence-electron chi connectivity index (χ4n) is 2.07. The molecule has 0 spiro atoms. The van der Waals surface area contributed by atoms with Gasteiger partial charge in [0.15, 0.2) is 0 Å². The second kappa shape index (κ2) is 7.78. The molecule has 1 amide bonds. The molecule has 0 unspecified atom stereocenters. The largest absolute Gasteiger partial charge is 0.496 e. The van der Waals surface area contributed by atoms with Gasteiger partial charge in [0.2, 0.25) is 0 Å². The minimum atomic E-state index is -0.432. The van der Waals surface area contributed by atoms with Gasteiger partial charge >= 0.3 is 5.97 Å². The Hall–Kier alpha value is -2.34. The maximum Gasteiger partial charge on any atom is 0.341 e. The Kier molecular flexibility index (Phi) is 5.76. The standard InChI is InChI=1S/C17H19NO4S/c1-4-11-10-13(17(20)22-5-2)16(23-11)18-15(19)12-8-6-7-9-14(12)21-3/h6-10H,4-5H2,1-3H3,(H,18,19). The lowest BCUT2D eigenvalue weighted by atomic mass is 10.2. The first-order valence-electron chi connectivity index (χ1n) is 7.34. The van der Waals surface area contributed by atoms with Crippen LogP contribution in [0, 0.1) is 0 Å². The van der Waals surface area contributed by atoms with E-state index in [1.54, 1.807) is 37.3 Å². The van der Waals surface area contributed by atoms with Gasteiger partial charge in [-0.2, -0.15) is 0 Å². The number of rotatable bonds is 6. The van der Waals surface area contributed by atoms with Crippen LogP contribution in [-0.2, 0) is 11.2 Å².